The lowest BCUT2D eigenvalue weighted by Gasteiger charge is -2.23. The molecular formula is C13H19N3O4. The molecule has 0 atom stereocenters. The highest BCUT2D eigenvalue weighted by molar-refractivity contribution is 5.86. The summed E-state index contributed by atoms with van der Waals surface area (Å²) in [5.74, 6) is -1.32. The average molecular weight is 281 g/mol. The number of ether oxygens (including phenoxy) is 1. The molecule has 0 aromatic heterocycles. The molecule has 110 valence electrons. The van der Waals surface area contributed by atoms with Crippen LogP contribution in [-0.2, 0) is 14.3 Å². The molecule has 0 radical (unpaired) electrons. The molecule has 0 fully saturated rings. The molecule has 0 aliphatic rings. The minimum absolute atomic E-state index is 0.0791. The van der Waals surface area contributed by atoms with Crippen molar-refractivity contribution in [2.45, 2.75) is 0 Å². The van der Waals surface area contributed by atoms with Crippen LogP contribution in [0.1, 0.15) is 0 Å². The van der Waals surface area contributed by atoms with E-state index in [-0.39, 0.29) is 19.0 Å². The number of methoxy groups -OCH3 is 1. The fourth-order valence-electron chi connectivity index (χ4n) is 1.69. The maximum absolute atomic E-state index is 11.8. The second kappa shape index (κ2) is 8.00. The van der Waals surface area contributed by atoms with Crippen LogP contribution in [0.4, 0.5) is 11.4 Å². The molecule has 0 spiro atoms. The van der Waals surface area contributed by atoms with Gasteiger partial charge in [0.2, 0.25) is 5.91 Å². The second-order valence-corrected chi connectivity index (χ2v) is 4.15. The number of anilines is 2. The summed E-state index contributed by atoms with van der Waals surface area (Å²) in [7, 11) is 1.54. The minimum Gasteiger partial charge on any atom is -0.480 e. The van der Waals surface area contributed by atoms with Gasteiger partial charge < -0.3 is 25.8 Å². The number of nitrogens with two attached hydrogens (primary N) is 1. The molecule has 1 aromatic carbocycles. The Balaban J connectivity index is 2.72. The first-order chi connectivity index (χ1) is 9.54. The standard InChI is InChI=1S/C13H19N3O4/c1-20-7-6-15-12(17)8-16(9-13(18)19)11-5-3-2-4-10(11)14/h2-5H,6-9,14H2,1H3,(H,15,17)(H,18,19). The van der Waals surface area contributed by atoms with Crippen LogP contribution < -0.4 is 16.0 Å². The van der Waals surface area contributed by atoms with E-state index in [0.29, 0.717) is 24.5 Å². The van der Waals surface area contributed by atoms with Crippen molar-refractivity contribution in [3.63, 3.8) is 0 Å². The molecule has 0 bridgehead atoms. The number of nitrogens with zero attached hydrogens (tertiary/aromatic N) is 1. The number of nitrogens with one attached hydrogen (secondary N) is 1. The number of carbonyl (C=O) groups excluding carboxylic acids is 1. The number of nitrogen functional groups attached to an aromatic ring is 1. The molecule has 0 unspecified atom stereocenters. The van der Waals surface area contributed by atoms with Crippen LogP contribution in [0.3, 0.4) is 0 Å². The molecular weight excluding hydrogens is 262 g/mol. The quantitative estimate of drug-likeness (QED) is 0.455. The van der Waals surface area contributed by atoms with Crippen molar-refractivity contribution in [3.05, 3.63) is 24.3 Å². The Kier molecular flexibility index (Phi) is 6.31. The van der Waals surface area contributed by atoms with Gasteiger partial charge in [0, 0.05) is 13.7 Å². The van der Waals surface area contributed by atoms with Gasteiger partial charge in [-0.05, 0) is 12.1 Å². The predicted molar refractivity (Wildman–Crippen MR) is 75.6 cm³/mol. The predicted octanol–water partition coefficient (Wildman–Crippen LogP) is -0.0776. The number of hydrogen-bond acceptors (Lipinski definition) is 5. The Bertz CT molecular complexity index is 465. The smallest absolute Gasteiger partial charge is 0.323 e. The van der Waals surface area contributed by atoms with Crippen molar-refractivity contribution in [2.75, 3.05) is 44.0 Å². The van der Waals surface area contributed by atoms with Gasteiger partial charge in [0.05, 0.1) is 24.5 Å². The van der Waals surface area contributed by atoms with E-state index in [4.69, 9.17) is 15.6 Å². The first-order valence-corrected chi connectivity index (χ1v) is 6.11. The number of amides is 1. The molecule has 0 aliphatic heterocycles. The summed E-state index contributed by atoms with van der Waals surface area (Å²) >= 11 is 0. The van der Waals surface area contributed by atoms with Gasteiger partial charge in [0.25, 0.3) is 0 Å². The molecule has 0 heterocycles. The summed E-state index contributed by atoms with van der Waals surface area (Å²) in [5, 5.41) is 11.6. The van der Waals surface area contributed by atoms with Crippen LogP contribution >= 0.6 is 0 Å². The first-order valence-electron chi connectivity index (χ1n) is 6.11. The molecule has 4 N–H and O–H groups in total. The van der Waals surface area contributed by atoms with E-state index < -0.39 is 5.97 Å². The number of rotatable bonds is 8. The Labute approximate surface area is 117 Å². The molecule has 7 nitrogen and oxygen atoms in total. The normalized spacial score (nSPS) is 10.1. The van der Waals surface area contributed by atoms with Crippen LogP contribution in [-0.4, -0.2) is 50.3 Å². The van der Waals surface area contributed by atoms with Crippen molar-refractivity contribution in [1.82, 2.24) is 5.32 Å². The number of carboxylic acid groups (broad SMARTS) is 1. The van der Waals surface area contributed by atoms with Crippen molar-refractivity contribution < 1.29 is 19.4 Å². The van der Waals surface area contributed by atoms with Crippen LogP contribution in [0, 0.1) is 0 Å². The van der Waals surface area contributed by atoms with Gasteiger partial charge in [-0.2, -0.15) is 0 Å². The zero-order valence-corrected chi connectivity index (χ0v) is 11.3. The SMILES string of the molecule is COCCNC(=O)CN(CC(=O)O)c1ccccc1N. The van der Waals surface area contributed by atoms with E-state index in [9.17, 15) is 9.59 Å². The number of para-hydroxylation sites is 2. The summed E-state index contributed by atoms with van der Waals surface area (Å²) < 4.78 is 4.82. The molecule has 0 aliphatic carbocycles. The molecule has 1 rings (SSSR count). The second-order valence-electron chi connectivity index (χ2n) is 4.15. The summed E-state index contributed by atoms with van der Waals surface area (Å²) in [6.45, 7) is 0.398. The third kappa shape index (κ3) is 5.15. The highest BCUT2D eigenvalue weighted by atomic mass is 16.5. The number of hydrogen-bond donors (Lipinski definition) is 3. The summed E-state index contributed by atoms with van der Waals surface area (Å²) in [5.41, 5.74) is 6.76. The molecule has 0 saturated heterocycles. The average Bonchev–Trinajstić information content (AvgIpc) is 2.38. The molecule has 0 saturated carbocycles. The summed E-state index contributed by atoms with van der Waals surface area (Å²) in [6.07, 6.45) is 0. The molecule has 20 heavy (non-hydrogen) atoms. The number of carbonyl (C=O) groups is 2. The lowest BCUT2D eigenvalue weighted by Crippen LogP contribution is -2.41. The number of benzene rings is 1. The third-order valence-electron chi connectivity index (χ3n) is 2.57. The van der Waals surface area contributed by atoms with Crippen molar-refractivity contribution in [2.24, 2.45) is 0 Å². The first kappa shape index (κ1) is 15.8. The third-order valence-corrected chi connectivity index (χ3v) is 2.57. The largest absolute Gasteiger partial charge is 0.480 e. The Morgan fingerprint density at radius 3 is 2.65 bits per heavy atom. The Morgan fingerprint density at radius 2 is 2.05 bits per heavy atom. The molecule has 1 amide bonds. The van der Waals surface area contributed by atoms with E-state index in [1.54, 1.807) is 24.3 Å². The van der Waals surface area contributed by atoms with Crippen LogP contribution in [0.5, 0.6) is 0 Å². The lowest BCUT2D eigenvalue weighted by atomic mass is 10.2. The van der Waals surface area contributed by atoms with Gasteiger partial charge in [-0.15, -0.1) is 0 Å². The number of carboxylic acids is 1. The zero-order chi connectivity index (χ0) is 15.0. The maximum atomic E-state index is 11.8. The Morgan fingerprint density at radius 1 is 1.35 bits per heavy atom. The van der Waals surface area contributed by atoms with E-state index in [0.717, 1.165) is 0 Å². The number of aliphatic carboxylic acids is 1. The van der Waals surface area contributed by atoms with E-state index >= 15 is 0 Å². The summed E-state index contributed by atoms with van der Waals surface area (Å²) in [6, 6.07) is 6.83. The molecule has 1 aromatic rings. The van der Waals surface area contributed by atoms with Gasteiger partial charge in [-0.3, -0.25) is 9.59 Å². The Hall–Kier alpha value is -2.28. The van der Waals surface area contributed by atoms with Crippen molar-refractivity contribution in [1.29, 1.82) is 0 Å². The van der Waals surface area contributed by atoms with E-state index in [2.05, 4.69) is 5.32 Å². The van der Waals surface area contributed by atoms with Gasteiger partial charge in [0.15, 0.2) is 0 Å². The van der Waals surface area contributed by atoms with Gasteiger partial charge >= 0.3 is 5.97 Å². The van der Waals surface area contributed by atoms with Crippen LogP contribution in [0.25, 0.3) is 0 Å². The van der Waals surface area contributed by atoms with Crippen LogP contribution in [0.15, 0.2) is 24.3 Å². The van der Waals surface area contributed by atoms with Gasteiger partial charge in [-0.25, -0.2) is 0 Å². The molecule has 7 heteroatoms. The fourth-order valence-corrected chi connectivity index (χ4v) is 1.69. The van der Waals surface area contributed by atoms with Gasteiger partial charge in [-0.1, -0.05) is 12.1 Å². The zero-order valence-electron chi connectivity index (χ0n) is 11.3. The van der Waals surface area contributed by atoms with Crippen LogP contribution in [0.2, 0.25) is 0 Å². The summed E-state index contributed by atoms with van der Waals surface area (Å²) in [4.78, 5) is 24.1. The fraction of sp³-hybridized carbons (Fsp3) is 0.385. The maximum Gasteiger partial charge on any atom is 0.323 e. The van der Waals surface area contributed by atoms with Crippen molar-refractivity contribution in [3.8, 4) is 0 Å². The monoisotopic (exact) mass is 281 g/mol. The topological polar surface area (TPSA) is 105 Å². The van der Waals surface area contributed by atoms with Crippen molar-refractivity contribution >= 4 is 23.3 Å². The highest BCUT2D eigenvalue weighted by Gasteiger charge is 2.16. The van der Waals surface area contributed by atoms with E-state index in [1.165, 1.54) is 12.0 Å². The van der Waals surface area contributed by atoms with E-state index in [1.807, 2.05) is 0 Å². The lowest BCUT2D eigenvalue weighted by molar-refractivity contribution is -0.135. The highest BCUT2D eigenvalue weighted by Crippen LogP contribution is 2.21. The minimum atomic E-state index is -1.03. The van der Waals surface area contributed by atoms with Gasteiger partial charge in [0.1, 0.15) is 6.54 Å².